The molecule has 15 heavy (non-hydrogen) atoms. The molecule has 0 saturated heterocycles. The number of carboxylic acids is 1. The summed E-state index contributed by atoms with van der Waals surface area (Å²) in [6, 6.07) is 0. The van der Waals surface area contributed by atoms with Gasteiger partial charge < -0.3 is 10.8 Å². The Morgan fingerprint density at radius 2 is 2.27 bits per heavy atom. The standard InChI is InChI=1S/C8H14N4O2S/c1-5(2)3-12-7(9)10-11-8(12)15-4-6(13)14/h5H,3-4H2,1-2H3,(H2,9,10)(H,13,14). The summed E-state index contributed by atoms with van der Waals surface area (Å²) in [5.74, 6) is -0.169. The van der Waals surface area contributed by atoms with E-state index in [0.717, 1.165) is 11.8 Å². The highest BCUT2D eigenvalue weighted by Crippen LogP contribution is 2.19. The first-order valence-electron chi connectivity index (χ1n) is 4.54. The SMILES string of the molecule is CC(C)Cn1c(N)nnc1SCC(=O)O. The summed E-state index contributed by atoms with van der Waals surface area (Å²) in [6.07, 6.45) is 0. The minimum Gasteiger partial charge on any atom is -0.481 e. The number of anilines is 1. The Morgan fingerprint density at radius 1 is 1.60 bits per heavy atom. The molecule has 3 N–H and O–H groups in total. The van der Waals surface area contributed by atoms with Gasteiger partial charge in [-0.25, -0.2) is 0 Å². The van der Waals surface area contributed by atoms with Crippen molar-refractivity contribution in [1.82, 2.24) is 14.8 Å². The van der Waals surface area contributed by atoms with Gasteiger partial charge in [-0.1, -0.05) is 25.6 Å². The Hall–Kier alpha value is -1.24. The normalized spacial score (nSPS) is 10.9. The molecule has 0 aliphatic heterocycles. The Bertz CT molecular complexity index is 350. The van der Waals surface area contributed by atoms with Crippen LogP contribution in [-0.4, -0.2) is 31.6 Å². The Balaban J connectivity index is 2.74. The van der Waals surface area contributed by atoms with E-state index < -0.39 is 5.97 Å². The fraction of sp³-hybridized carbons (Fsp3) is 0.625. The van der Waals surface area contributed by atoms with E-state index in [4.69, 9.17) is 10.8 Å². The average molecular weight is 230 g/mol. The van der Waals surface area contributed by atoms with E-state index >= 15 is 0 Å². The van der Waals surface area contributed by atoms with Crippen LogP contribution in [0.25, 0.3) is 0 Å². The van der Waals surface area contributed by atoms with Crippen LogP contribution in [0.1, 0.15) is 13.8 Å². The molecule has 0 amide bonds. The lowest BCUT2D eigenvalue weighted by Crippen LogP contribution is -2.10. The summed E-state index contributed by atoms with van der Waals surface area (Å²) in [5.41, 5.74) is 5.62. The Labute approximate surface area is 91.9 Å². The van der Waals surface area contributed by atoms with Crippen molar-refractivity contribution in [3.63, 3.8) is 0 Å². The minimum absolute atomic E-state index is 0.0315. The molecule has 0 spiro atoms. The summed E-state index contributed by atoms with van der Waals surface area (Å²) >= 11 is 1.13. The maximum absolute atomic E-state index is 10.4. The van der Waals surface area contributed by atoms with E-state index in [1.807, 2.05) is 13.8 Å². The Morgan fingerprint density at radius 3 is 2.80 bits per heavy atom. The number of aliphatic carboxylic acids is 1. The predicted molar refractivity (Wildman–Crippen MR) is 57.6 cm³/mol. The number of carbonyl (C=O) groups is 1. The van der Waals surface area contributed by atoms with Gasteiger partial charge in [-0.05, 0) is 5.92 Å². The summed E-state index contributed by atoms with van der Waals surface area (Å²) < 4.78 is 1.73. The van der Waals surface area contributed by atoms with Gasteiger partial charge >= 0.3 is 5.97 Å². The van der Waals surface area contributed by atoms with E-state index in [9.17, 15) is 4.79 Å². The van der Waals surface area contributed by atoms with Crippen molar-refractivity contribution in [2.75, 3.05) is 11.5 Å². The third kappa shape index (κ3) is 3.43. The largest absolute Gasteiger partial charge is 0.481 e. The van der Waals surface area contributed by atoms with Crippen molar-refractivity contribution in [2.24, 2.45) is 5.92 Å². The zero-order valence-corrected chi connectivity index (χ0v) is 9.49. The quantitative estimate of drug-likeness (QED) is 0.723. The van der Waals surface area contributed by atoms with Crippen molar-refractivity contribution in [2.45, 2.75) is 25.5 Å². The molecule has 6 nitrogen and oxygen atoms in total. The van der Waals surface area contributed by atoms with Crippen LogP contribution in [0.5, 0.6) is 0 Å². The van der Waals surface area contributed by atoms with Gasteiger partial charge in [0.1, 0.15) is 0 Å². The Kier molecular flexibility index (Phi) is 3.96. The van der Waals surface area contributed by atoms with Crippen molar-refractivity contribution < 1.29 is 9.90 Å². The molecule has 1 aromatic heterocycles. The number of hydrogen-bond donors (Lipinski definition) is 2. The van der Waals surface area contributed by atoms with Gasteiger partial charge in [0.25, 0.3) is 0 Å². The lowest BCUT2D eigenvalue weighted by Gasteiger charge is -2.09. The second-order valence-electron chi connectivity index (χ2n) is 3.53. The average Bonchev–Trinajstić information content (AvgIpc) is 2.44. The molecule has 7 heteroatoms. The fourth-order valence-electron chi connectivity index (χ4n) is 1.07. The van der Waals surface area contributed by atoms with Gasteiger partial charge in [-0.3, -0.25) is 9.36 Å². The second-order valence-corrected chi connectivity index (χ2v) is 4.47. The fourth-order valence-corrected chi connectivity index (χ4v) is 1.74. The van der Waals surface area contributed by atoms with Gasteiger partial charge in [0, 0.05) is 6.54 Å². The lowest BCUT2D eigenvalue weighted by atomic mass is 10.2. The molecule has 0 bridgehead atoms. The van der Waals surface area contributed by atoms with Crippen molar-refractivity contribution in [1.29, 1.82) is 0 Å². The van der Waals surface area contributed by atoms with Gasteiger partial charge in [-0.2, -0.15) is 0 Å². The molecule has 0 atom stereocenters. The van der Waals surface area contributed by atoms with E-state index in [2.05, 4.69) is 10.2 Å². The zero-order valence-electron chi connectivity index (χ0n) is 8.67. The summed E-state index contributed by atoms with van der Waals surface area (Å²) in [4.78, 5) is 10.4. The van der Waals surface area contributed by atoms with E-state index in [1.165, 1.54) is 0 Å². The number of aromatic nitrogens is 3. The van der Waals surface area contributed by atoms with Crippen molar-refractivity contribution in [3.05, 3.63) is 0 Å². The first kappa shape index (κ1) is 11.8. The van der Waals surface area contributed by atoms with Crippen LogP contribution in [0.2, 0.25) is 0 Å². The number of nitrogens with two attached hydrogens (primary N) is 1. The van der Waals surface area contributed by atoms with E-state index in [1.54, 1.807) is 4.57 Å². The number of thioether (sulfide) groups is 1. The second kappa shape index (κ2) is 5.01. The third-order valence-electron chi connectivity index (χ3n) is 1.62. The molecular formula is C8H14N4O2S. The molecular weight excluding hydrogens is 216 g/mol. The highest BCUT2D eigenvalue weighted by molar-refractivity contribution is 7.99. The molecule has 1 rings (SSSR count). The molecule has 0 fully saturated rings. The molecule has 0 unspecified atom stereocenters. The summed E-state index contributed by atoms with van der Waals surface area (Å²) in [7, 11) is 0. The monoisotopic (exact) mass is 230 g/mol. The highest BCUT2D eigenvalue weighted by Gasteiger charge is 2.12. The van der Waals surface area contributed by atoms with Crippen LogP contribution in [0.15, 0.2) is 5.16 Å². The lowest BCUT2D eigenvalue weighted by molar-refractivity contribution is -0.133. The smallest absolute Gasteiger partial charge is 0.313 e. The first-order chi connectivity index (χ1) is 7.00. The zero-order chi connectivity index (χ0) is 11.4. The maximum Gasteiger partial charge on any atom is 0.313 e. The van der Waals surface area contributed by atoms with Crippen LogP contribution in [0, 0.1) is 5.92 Å². The number of hydrogen-bond acceptors (Lipinski definition) is 5. The molecule has 84 valence electrons. The molecule has 0 aromatic carbocycles. The van der Waals surface area contributed by atoms with Crippen LogP contribution in [-0.2, 0) is 11.3 Å². The molecule has 1 aromatic rings. The van der Waals surface area contributed by atoms with E-state index in [0.29, 0.717) is 23.6 Å². The summed E-state index contributed by atoms with van der Waals surface area (Å²) in [5, 5.41) is 16.7. The number of nitrogens with zero attached hydrogens (tertiary/aromatic N) is 3. The highest BCUT2D eigenvalue weighted by atomic mass is 32.2. The maximum atomic E-state index is 10.4. The molecule has 0 radical (unpaired) electrons. The van der Waals surface area contributed by atoms with Gasteiger partial charge in [0.15, 0.2) is 5.16 Å². The molecule has 1 heterocycles. The van der Waals surface area contributed by atoms with Crippen LogP contribution >= 0.6 is 11.8 Å². The summed E-state index contributed by atoms with van der Waals surface area (Å²) in [6.45, 7) is 4.79. The van der Waals surface area contributed by atoms with Gasteiger partial charge in [-0.15, -0.1) is 10.2 Å². The third-order valence-corrected chi connectivity index (χ3v) is 2.57. The van der Waals surface area contributed by atoms with Crippen molar-refractivity contribution >= 4 is 23.7 Å². The number of rotatable bonds is 5. The topological polar surface area (TPSA) is 94.0 Å². The first-order valence-corrected chi connectivity index (χ1v) is 5.52. The molecule has 0 aliphatic rings. The number of carboxylic acid groups (broad SMARTS) is 1. The predicted octanol–water partition coefficient (Wildman–Crippen LogP) is 0.693. The van der Waals surface area contributed by atoms with Crippen LogP contribution in [0.3, 0.4) is 0 Å². The number of nitrogen functional groups attached to an aromatic ring is 1. The van der Waals surface area contributed by atoms with Crippen molar-refractivity contribution in [3.8, 4) is 0 Å². The van der Waals surface area contributed by atoms with Crippen LogP contribution < -0.4 is 5.73 Å². The van der Waals surface area contributed by atoms with E-state index in [-0.39, 0.29) is 5.75 Å². The minimum atomic E-state index is -0.877. The molecule has 0 aliphatic carbocycles. The van der Waals surface area contributed by atoms with Gasteiger partial charge in [0.2, 0.25) is 5.95 Å². The van der Waals surface area contributed by atoms with Crippen LogP contribution in [0.4, 0.5) is 5.95 Å². The van der Waals surface area contributed by atoms with Gasteiger partial charge in [0.05, 0.1) is 5.75 Å². The molecule has 0 saturated carbocycles.